The third-order valence-electron chi connectivity index (χ3n) is 6.35. The number of pyridine rings is 1. The highest BCUT2D eigenvalue weighted by molar-refractivity contribution is 5.69. The first-order valence-corrected chi connectivity index (χ1v) is 11.3. The normalized spacial score (nSPS) is 16.3. The fourth-order valence-corrected chi connectivity index (χ4v) is 4.47. The molecule has 7 heteroatoms. The van der Waals surface area contributed by atoms with Crippen molar-refractivity contribution in [3.05, 3.63) is 64.7 Å². The van der Waals surface area contributed by atoms with Gasteiger partial charge >= 0.3 is 6.09 Å². The smallest absolute Gasteiger partial charge is 0.407 e. The fraction of sp³-hybridized carbons (Fsp3) is 0.400. The summed E-state index contributed by atoms with van der Waals surface area (Å²) in [5.41, 5.74) is 3.99. The van der Waals surface area contributed by atoms with Crippen LogP contribution < -0.4 is 10.5 Å². The van der Waals surface area contributed by atoms with E-state index in [0.29, 0.717) is 24.3 Å². The van der Waals surface area contributed by atoms with Crippen LogP contribution in [0.15, 0.2) is 53.5 Å². The van der Waals surface area contributed by atoms with Gasteiger partial charge in [-0.2, -0.15) is 0 Å². The van der Waals surface area contributed by atoms with Crippen LogP contribution in [0, 0.1) is 0 Å². The summed E-state index contributed by atoms with van der Waals surface area (Å²) in [5, 5.41) is 9.33. The van der Waals surface area contributed by atoms with Gasteiger partial charge in [0.25, 0.3) is 5.56 Å². The molecule has 1 aliphatic heterocycles. The predicted octanol–water partition coefficient (Wildman–Crippen LogP) is 4.28. The number of rotatable bonds is 6. The molecule has 1 N–H and O–H groups in total. The molecule has 4 rings (SSSR count). The summed E-state index contributed by atoms with van der Waals surface area (Å²) in [6.07, 6.45) is 5.50. The molecule has 0 saturated carbocycles. The van der Waals surface area contributed by atoms with Crippen molar-refractivity contribution in [1.29, 1.82) is 0 Å². The molecule has 0 spiro atoms. The molecular weight excluding hydrogens is 404 g/mol. The van der Waals surface area contributed by atoms with E-state index < -0.39 is 6.09 Å². The quantitative estimate of drug-likeness (QED) is 0.626. The van der Waals surface area contributed by atoms with Crippen LogP contribution in [0.5, 0.6) is 0 Å². The minimum atomic E-state index is -0.859. The summed E-state index contributed by atoms with van der Waals surface area (Å²) < 4.78 is 1.60. The third kappa shape index (κ3) is 4.33. The zero-order chi connectivity index (χ0) is 22.7. The Morgan fingerprint density at radius 1 is 1.22 bits per heavy atom. The first-order valence-electron chi connectivity index (χ1n) is 11.3. The molecular formula is C25H30N4O3. The van der Waals surface area contributed by atoms with Crippen LogP contribution in [0.2, 0.25) is 0 Å². The van der Waals surface area contributed by atoms with Crippen molar-refractivity contribution in [2.75, 3.05) is 25.0 Å². The Kier molecular flexibility index (Phi) is 6.44. The van der Waals surface area contributed by atoms with Gasteiger partial charge in [0, 0.05) is 38.1 Å². The number of fused-ring (bicyclic) bond motifs is 1. The maximum absolute atomic E-state index is 13.3. The molecule has 1 unspecified atom stereocenters. The number of benzene rings is 1. The van der Waals surface area contributed by atoms with Crippen molar-refractivity contribution in [1.82, 2.24) is 14.3 Å². The average Bonchev–Trinajstić information content (AvgIpc) is 2.82. The van der Waals surface area contributed by atoms with Crippen LogP contribution in [-0.2, 0) is 6.42 Å². The summed E-state index contributed by atoms with van der Waals surface area (Å²) in [4.78, 5) is 33.1. The van der Waals surface area contributed by atoms with Crippen LogP contribution in [0.4, 0.5) is 10.5 Å². The van der Waals surface area contributed by atoms with E-state index in [1.54, 1.807) is 10.6 Å². The van der Waals surface area contributed by atoms with Gasteiger partial charge in [0.15, 0.2) is 0 Å². The maximum Gasteiger partial charge on any atom is 0.407 e. The Bertz CT molecular complexity index is 1160. The molecule has 7 nitrogen and oxygen atoms in total. The van der Waals surface area contributed by atoms with Crippen LogP contribution >= 0.6 is 0 Å². The molecule has 1 saturated heterocycles. The standard InChI is InChI=1S/C25H30N4O3/c1-3-4-9-21-23(24(30)29-16-6-5-10-22(29)26-21)18-11-13-19(14-12-18)27(2)20-8-7-15-28(17-20)25(31)32/h5-6,10-14,16,20H,3-4,7-9,15,17H2,1-2H3,(H,31,32). The number of amides is 1. The van der Waals surface area contributed by atoms with Crippen LogP contribution in [0.1, 0.15) is 38.3 Å². The molecule has 1 amide bonds. The van der Waals surface area contributed by atoms with Gasteiger partial charge < -0.3 is 14.9 Å². The van der Waals surface area contributed by atoms with E-state index in [9.17, 15) is 14.7 Å². The Morgan fingerprint density at radius 2 is 2.00 bits per heavy atom. The van der Waals surface area contributed by atoms with E-state index in [1.165, 1.54) is 4.90 Å². The number of nitrogens with zero attached hydrogens (tertiary/aromatic N) is 4. The van der Waals surface area contributed by atoms with Crippen molar-refractivity contribution in [3.63, 3.8) is 0 Å². The largest absolute Gasteiger partial charge is 0.465 e. The number of carbonyl (C=O) groups is 1. The van der Waals surface area contributed by atoms with Gasteiger partial charge in [-0.25, -0.2) is 9.78 Å². The average molecular weight is 435 g/mol. The summed E-state index contributed by atoms with van der Waals surface area (Å²) in [7, 11) is 2.00. The first kappa shape index (κ1) is 21.9. The molecule has 168 valence electrons. The molecule has 3 heterocycles. The third-order valence-corrected chi connectivity index (χ3v) is 6.35. The molecule has 32 heavy (non-hydrogen) atoms. The first-order chi connectivity index (χ1) is 15.5. The van der Waals surface area contributed by atoms with Crippen LogP contribution in [0.25, 0.3) is 16.8 Å². The maximum atomic E-state index is 13.3. The topological polar surface area (TPSA) is 78.2 Å². The summed E-state index contributed by atoms with van der Waals surface area (Å²) in [6.45, 7) is 3.23. The summed E-state index contributed by atoms with van der Waals surface area (Å²) >= 11 is 0. The van der Waals surface area contributed by atoms with Gasteiger partial charge in [0.1, 0.15) is 5.65 Å². The second-order valence-corrected chi connectivity index (χ2v) is 8.45. The Balaban J connectivity index is 1.66. The van der Waals surface area contributed by atoms with E-state index in [0.717, 1.165) is 49.0 Å². The zero-order valence-electron chi connectivity index (χ0n) is 18.7. The molecule has 1 aliphatic rings. The van der Waals surface area contributed by atoms with Crippen LogP contribution in [0.3, 0.4) is 0 Å². The monoisotopic (exact) mass is 434 g/mol. The highest BCUT2D eigenvalue weighted by Crippen LogP contribution is 2.26. The number of anilines is 1. The van der Waals surface area contributed by atoms with E-state index in [1.807, 2.05) is 49.5 Å². The minimum Gasteiger partial charge on any atom is -0.465 e. The van der Waals surface area contributed by atoms with E-state index in [2.05, 4.69) is 11.8 Å². The second kappa shape index (κ2) is 9.42. The molecule has 1 aromatic carbocycles. The highest BCUT2D eigenvalue weighted by atomic mass is 16.4. The molecule has 1 fully saturated rings. The van der Waals surface area contributed by atoms with Crippen molar-refractivity contribution in [3.8, 4) is 11.1 Å². The number of aryl methyl sites for hydroxylation is 1. The van der Waals surface area contributed by atoms with E-state index in [-0.39, 0.29) is 11.6 Å². The summed E-state index contributed by atoms with van der Waals surface area (Å²) in [5.74, 6) is 0. The van der Waals surface area contributed by atoms with Crippen molar-refractivity contribution in [2.24, 2.45) is 0 Å². The molecule has 1 atom stereocenters. The van der Waals surface area contributed by atoms with Crippen molar-refractivity contribution in [2.45, 2.75) is 45.1 Å². The van der Waals surface area contributed by atoms with E-state index in [4.69, 9.17) is 4.98 Å². The number of hydrogen-bond donors (Lipinski definition) is 1. The highest BCUT2D eigenvalue weighted by Gasteiger charge is 2.26. The number of aromatic nitrogens is 2. The number of likely N-dealkylation sites (tertiary alicyclic amines) is 1. The molecule has 0 bridgehead atoms. The number of unbranched alkanes of at least 4 members (excludes halogenated alkanes) is 1. The lowest BCUT2D eigenvalue weighted by molar-refractivity contribution is 0.130. The van der Waals surface area contributed by atoms with Crippen molar-refractivity contribution < 1.29 is 9.90 Å². The molecule has 0 aliphatic carbocycles. The molecule has 2 aromatic heterocycles. The van der Waals surface area contributed by atoms with Crippen molar-refractivity contribution >= 4 is 17.4 Å². The number of piperidine rings is 1. The van der Waals surface area contributed by atoms with Gasteiger partial charge in [-0.3, -0.25) is 9.20 Å². The van der Waals surface area contributed by atoms with E-state index >= 15 is 0 Å². The second-order valence-electron chi connectivity index (χ2n) is 8.45. The minimum absolute atomic E-state index is 0.0489. The molecule has 3 aromatic rings. The SMILES string of the molecule is CCCCc1nc2ccccn2c(=O)c1-c1ccc(N(C)C2CCCN(C(=O)O)C2)cc1. The van der Waals surface area contributed by atoms with Gasteiger partial charge in [-0.15, -0.1) is 0 Å². The van der Waals surface area contributed by atoms with Gasteiger partial charge in [0.2, 0.25) is 0 Å². The lowest BCUT2D eigenvalue weighted by atomic mass is 10.0. The number of likely N-dealkylation sites (N-methyl/N-ethyl adjacent to an activating group) is 1. The zero-order valence-corrected chi connectivity index (χ0v) is 18.7. The van der Waals surface area contributed by atoms with Crippen LogP contribution in [-0.4, -0.2) is 51.7 Å². The number of carboxylic acid groups (broad SMARTS) is 1. The van der Waals surface area contributed by atoms with Gasteiger partial charge in [-0.05, 0) is 55.5 Å². The lowest BCUT2D eigenvalue weighted by Gasteiger charge is -2.37. The Hall–Kier alpha value is -3.35. The number of hydrogen-bond acceptors (Lipinski definition) is 4. The van der Waals surface area contributed by atoms with Gasteiger partial charge in [0.05, 0.1) is 11.3 Å². The fourth-order valence-electron chi connectivity index (χ4n) is 4.47. The predicted molar refractivity (Wildman–Crippen MR) is 127 cm³/mol. The Labute approximate surface area is 187 Å². The van der Waals surface area contributed by atoms with Gasteiger partial charge in [-0.1, -0.05) is 31.5 Å². The molecule has 0 radical (unpaired) electrons. The lowest BCUT2D eigenvalue weighted by Crippen LogP contribution is -2.48. The summed E-state index contributed by atoms with van der Waals surface area (Å²) in [6, 6.07) is 13.7. The Morgan fingerprint density at radius 3 is 2.72 bits per heavy atom.